The van der Waals surface area contributed by atoms with Crippen molar-refractivity contribution in [2.24, 2.45) is 0 Å². The molecule has 2 nitrogen and oxygen atoms in total. The van der Waals surface area contributed by atoms with E-state index in [1.807, 2.05) is 12.1 Å². The van der Waals surface area contributed by atoms with Gasteiger partial charge in [-0.05, 0) is 0 Å². The maximum atomic E-state index is 8.18. The molecular weight excluding hydrogens is 100 g/mol. The van der Waals surface area contributed by atoms with Gasteiger partial charge in [0.1, 0.15) is 6.42 Å². The standard InChI is InChI=1S/C6H2N2/c7-3-5-1-2-6(5)4-8/h1-2H/q+1. The average Bonchev–Trinajstić information content (AvgIpc) is 1.66. The predicted molar refractivity (Wildman–Crippen MR) is 26.9 cm³/mol. The first-order chi connectivity index (χ1) is 3.88. The summed E-state index contributed by atoms with van der Waals surface area (Å²) in [6, 6.07) is 3.75. The van der Waals surface area contributed by atoms with E-state index in [4.69, 9.17) is 10.5 Å². The van der Waals surface area contributed by atoms with Crippen molar-refractivity contribution in [3.8, 4) is 12.1 Å². The number of nitrogens with zero attached hydrogens (tertiary/aromatic N) is 2. The normalized spacial score (nSPS) is 15.2. The summed E-state index contributed by atoms with van der Waals surface area (Å²) in [4.78, 5) is 0. The molecule has 8 heavy (non-hydrogen) atoms. The molecule has 0 aromatic carbocycles. The van der Waals surface area contributed by atoms with Crippen LogP contribution in [0.15, 0.2) is 11.1 Å². The molecule has 35 valence electrons. The topological polar surface area (TPSA) is 47.6 Å². The summed E-state index contributed by atoms with van der Waals surface area (Å²) in [6.07, 6.45) is 3.25. The zero-order valence-corrected chi connectivity index (χ0v) is 4.05. The van der Waals surface area contributed by atoms with Crippen LogP contribution in [0.2, 0.25) is 0 Å². The maximum Gasteiger partial charge on any atom is 0.268 e. The first-order valence-electron chi connectivity index (χ1n) is 2.11. The fourth-order valence-corrected chi connectivity index (χ4v) is 0.445. The predicted octanol–water partition coefficient (Wildman–Crippen LogP) is 0.752. The van der Waals surface area contributed by atoms with Gasteiger partial charge < -0.3 is 0 Å². The number of nitriles is 2. The molecule has 1 radical (unpaired) electrons. The Kier molecular flexibility index (Phi) is 0.946. The van der Waals surface area contributed by atoms with Gasteiger partial charge in [0.05, 0.1) is 6.42 Å². The fraction of sp³-hybridized carbons (Fsp3) is 0. The third kappa shape index (κ3) is 0.440. The summed E-state index contributed by atoms with van der Waals surface area (Å²) in [7, 11) is 0. The molecule has 0 spiro atoms. The first kappa shape index (κ1) is 4.74. The van der Waals surface area contributed by atoms with Crippen LogP contribution in [-0.2, 0) is 0 Å². The fourth-order valence-electron chi connectivity index (χ4n) is 0.445. The van der Waals surface area contributed by atoms with Gasteiger partial charge in [-0.3, -0.25) is 0 Å². The van der Waals surface area contributed by atoms with Crippen molar-refractivity contribution in [2.45, 2.75) is 0 Å². The van der Waals surface area contributed by atoms with Gasteiger partial charge in [-0.1, -0.05) is 5.26 Å². The molecule has 0 aliphatic heterocycles. The number of rotatable bonds is 0. The number of hydrogen-bond acceptors (Lipinski definition) is 2. The van der Waals surface area contributed by atoms with Crippen LogP contribution in [0.3, 0.4) is 0 Å². The highest BCUT2D eigenvalue weighted by Gasteiger charge is 2.28. The minimum absolute atomic E-state index is 0.493. The molecular formula is C6H2N2+. The van der Waals surface area contributed by atoms with Crippen molar-refractivity contribution < 1.29 is 0 Å². The van der Waals surface area contributed by atoms with Gasteiger partial charge in [0.2, 0.25) is 5.57 Å². The smallest absolute Gasteiger partial charge is 0.177 e. The SMILES string of the molecule is N#CC1=C(C#N)[CH+][CH]1. The summed E-state index contributed by atoms with van der Waals surface area (Å²) in [5.41, 5.74) is 0.986. The Labute approximate surface area is 47.7 Å². The van der Waals surface area contributed by atoms with Gasteiger partial charge in [-0.2, -0.15) is 5.26 Å². The second-order valence-electron chi connectivity index (χ2n) is 1.38. The molecule has 0 unspecified atom stereocenters. The Balaban J connectivity index is 2.86. The van der Waals surface area contributed by atoms with Crippen molar-refractivity contribution in [3.05, 3.63) is 24.0 Å². The van der Waals surface area contributed by atoms with E-state index >= 15 is 0 Å². The minimum atomic E-state index is 0.493. The zero-order valence-electron chi connectivity index (χ0n) is 4.05. The second-order valence-corrected chi connectivity index (χ2v) is 1.38. The highest BCUT2D eigenvalue weighted by Crippen LogP contribution is 2.22. The van der Waals surface area contributed by atoms with Crippen LogP contribution >= 0.6 is 0 Å². The average molecular weight is 102 g/mol. The Morgan fingerprint density at radius 1 is 1.38 bits per heavy atom. The maximum absolute atomic E-state index is 8.18. The lowest BCUT2D eigenvalue weighted by molar-refractivity contribution is 1.26. The van der Waals surface area contributed by atoms with E-state index in [0.717, 1.165) is 0 Å². The van der Waals surface area contributed by atoms with Gasteiger partial charge in [0.15, 0.2) is 11.6 Å². The summed E-state index contributed by atoms with van der Waals surface area (Å²) in [5.74, 6) is 0. The van der Waals surface area contributed by atoms with Crippen molar-refractivity contribution in [1.29, 1.82) is 10.5 Å². The quantitative estimate of drug-likeness (QED) is 0.424. The highest BCUT2D eigenvalue weighted by molar-refractivity contribution is 5.59. The molecule has 0 amide bonds. The van der Waals surface area contributed by atoms with Gasteiger partial charge >= 0.3 is 0 Å². The van der Waals surface area contributed by atoms with E-state index in [9.17, 15) is 0 Å². The van der Waals surface area contributed by atoms with E-state index in [2.05, 4.69) is 0 Å². The molecule has 0 atom stereocenters. The van der Waals surface area contributed by atoms with Gasteiger partial charge in [-0.15, -0.1) is 0 Å². The Morgan fingerprint density at radius 2 is 2.12 bits per heavy atom. The van der Waals surface area contributed by atoms with Crippen LogP contribution in [0, 0.1) is 35.5 Å². The Bertz CT molecular complexity index is 188. The van der Waals surface area contributed by atoms with Gasteiger partial charge in [0, 0.05) is 0 Å². The second kappa shape index (κ2) is 1.60. The lowest BCUT2D eigenvalue weighted by Gasteiger charge is -1.95. The molecule has 0 fully saturated rings. The molecule has 0 saturated heterocycles. The molecule has 0 N–H and O–H groups in total. The lowest BCUT2D eigenvalue weighted by Crippen LogP contribution is -2.01. The molecule has 1 aliphatic rings. The number of hydrogen-bond donors (Lipinski definition) is 0. The third-order valence-corrected chi connectivity index (χ3v) is 0.948. The van der Waals surface area contributed by atoms with Crippen LogP contribution in [0.25, 0.3) is 0 Å². The Hall–Kier alpha value is -1.41. The monoisotopic (exact) mass is 102 g/mol. The summed E-state index contributed by atoms with van der Waals surface area (Å²) in [6.45, 7) is 0. The van der Waals surface area contributed by atoms with Crippen LogP contribution in [-0.4, -0.2) is 0 Å². The lowest BCUT2D eigenvalue weighted by atomic mass is 9.91. The van der Waals surface area contributed by atoms with Crippen LogP contribution < -0.4 is 0 Å². The van der Waals surface area contributed by atoms with E-state index in [-0.39, 0.29) is 0 Å². The molecule has 0 aromatic rings. The first-order valence-corrected chi connectivity index (χ1v) is 2.11. The van der Waals surface area contributed by atoms with Crippen LogP contribution in [0.1, 0.15) is 0 Å². The molecule has 0 aromatic heterocycles. The molecule has 1 rings (SSSR count). The van der Waals surface area contributed by atoms with Crippen molar-refractivity contribution in [1.82, 2.24) is 0 Å². The highest BCUT2D eigenvalue weighted by atomic mass is 14.3. The van der Waals surface area contributed by atoms with E-state index in [1.54, 1.807) is 12.8 Å². The van der Waals surface area contributed by atoms with Crippen molar-refractivity contribution in [3.63, 3.8) is 0 Å². The molecule has 2 heteroatoms. The van der Waals surface area contributed by atoms with Gasteiger partial charge in [0.25, 0.3) is 6.07 Å². The van der Waals surface area contributed by atoms with Crippen LogP contribution in [0.4, 0.5) is 0 Å². The largest absolute Gasteiger partial charge is 0.268 e. The zero-order chi connectivity index (χ0) is 5.98. The third-order valence-electron chi connectivity index (χ3n) is 0.948. The summed E-state index contributed by atoms with van der Waals surface area (Å²) >= 11 is 0. The molecule has 0 saturated carbocycles. The Morgan fingerprint density at radius 3 is 2.25 bits per heavy atom. The molecule has 0 bridgehead atoms. The van der Waals surface area contributed by atoms with E-state index in [0.29, 0.717) is 11.1 Å². The molecule has 0 heterocycles. The van der Waals surface area contributed by atoms with E-state index in [1.165, 1.54) is 0 Å². The van der Waals surface area contributed by atoms with E-state index < -0.39 is 0 Å². The van der Waals surface area contributed by atoms with Crippen LogP contribution in [0.5, 0.6) is 0 Å². The summed E-state index contributed by atoms with van der Waals surface area (Å²) in [5, 5.41) is 16.4. The minimum Gasteiger partial charge on any atom is -0.177 e. The molecule has 1 aliphatic carbocycles. The summed E-state index contributed by atoms with van der Waals surface area (Å²) < 4.78 is 0. The van der Waals surface area contributed by atoms with Crippen molar-refractivity contribution in [2.75, 3.05) is 0 Å². The number of allylic oxidation sites excluding steroid dienone is 2. The van der Waals surface area contributed by atoms with Crippen molar-refractivity contribution >= 4 is 0 Å². The van der Waals surface area contributed by atoms with Gasteiger partial charge in [-0.25, -0.2) is 0 Å².